The molecule has 0 spiro atoms. The van der Waals surface area contributed by atoms with Crippen molar-refractivity contribution in [2.45, 2.75) is 4.90 Å². The van der Waals surface area contributed by atoms with Crippen molar-refractivity contribution >= 4 is 27.0 Å². The molecule has 0 N–H and O–H groups in total. The molecule has 0 fully saturated rings. The summed E-state index contributed by atoms with van der Waals surface area (Å²) in [5.74, 6) is 0. The second kappa shape index (κ2) is 4.91. The lowest BCUT2D eigenvalue weighted by Crippen LogP contribution is -1.93. The summed E-state index contributed by atoms with van der Waals surface area (Å²) in [6.07, 6.45) is 0. The van der Waals surface area contributed by atoms with Crippen molar-refractivity contribution in [3.8, 4) is 11.1 Å². The van der Waals surface area contributed by atoms with E-state index in [9.17, 15) is 8.76 Å². The number of rotatable bonds is 2. The van der Waals surface area contributed by atoms with E-state index in [2.05, 4.69) is 15.9 Å². The second-order valence-electron chi connectivity index (χ2n) is 3.21. The molecule has 82 valence electrons. The first-order chi connectivity index (χ1) is 7.70. The molecule has 0 aliphatic heterocycles. The van der Waals surface area contributed by atoms with E-state index in [0.29, 0.717) is 10.5 Å². The highest BCUT2D eigenvalue weighted by atomic mass is 79.9. The van der Waals surface area contributed by atoms with Crippen LogP contribution in [0.1, 0.15) is 0 Å². The normalized spacial score (nSPS) is 12.4. The van der Waals surface area contributed by atoms with Gasteiger partial charge in [-0.2, -0.15) is 0 Å². The molecule has 0 aliphatic carbocycles. The number of benzene rings is 2. The first-order valence-corrected chi connectivity index (χ1v) is 6.50. The largest absolute Gasteiger partial charge is 0.768 e. The Kier molecular flexibility index (Phi) is 3.53. The first-order valence-electron chi connectivity index (χ1n) is 4.63. The average molecular weight is 296 g/mol. The van der Waals surface area contributed by atoms with Gasteiger partial charge >= 0.3 is 0 Å². The van der Waals surface area contributed by atoms with Crippen LogP contribution in [0.3, 0.4) is 0 Å². The highest BCUT2D eigenvalue weighted by Gasteiger charge is 2.07. The van der Waals surface area contributed by atoms with Crippen LogP contribution in [0.25, 0.3) is 11.1 Å². The summed E-state index contributed by atoms with van der Waals surface area (Å²) in [7, 11) is 0. The zero-order valence-electron chi connectivity index (χ0n) is 8.22. The Morgan fingerprint density at radius 3 is 2.12 bits per heavy atom. The van der Waals surface area contributed by atoms with Gasteiger partial charge in [0.1, 0.15) is 0 Å². The van der Waals surface area contributed by atoms with Crippen molar-refractivity contribution in [3.05, 3.63) is 53.0 Å². The maximum absolute atomic E-state index is 11.1. The van der Waals surface area contributed by atoms with Crippen molar-refractivity contribution in [3.63, 3.8) is 0 Å². The molecule has 2 rings (SSSR count). The molecule has 0 radical (unpaired) electrons. The lowest BCUT2D eigenvalue weighted by molar-refractivity contribution is 0.537. The molecule has 4 heteroatoms. The minimum absolute atomic E-state index is 0.314. The summed E-state index contributed by atoms with van der Waals surface area (Å²) in [6.45, 7) is 0. The molecule has 0 saturated carbocycles. The molecular formula is C12H8BrO2S-. The van der Waals surface area contributed by atoms with Crippen LogP contribution >= 0.6 is 15.9 Å². The summed E-state index contributed by atoms with van der Waals surface area (Å²) < 4.78 is 23.1. The van der Waals surface area contributed by atoms with E-state index in [1.165, 1.54) is 0 Å². The fourth-order valence-electron chi connectivity index (χ4n) is 1.51. The number of hydrogen-bond donors (Lipinski definition) is 0. The van der Waals surface area contributed by atoms with E-state index < -0.39 is 11.1 Å². The summed E-state index contributed by atoms with van der Waals surface area (Å²) in [4.78, 5) is 0.314. The van der Waals surface area contributed by atoms with E-state index in [-0.39, 0.29) is 0 Å². The maximum Gasteiger partial charge on any atom is 0.0327 e. The summed E-state index contributed by atoms with van der Waals surface area (Å²) >= 11 is 1.20. The van der Waals surface area contributed by atoms with Gasteiger partial charge in [0, 0.05) is 9.37 Å². The van der Waals surface area contributed by atoms with Gasteiger partial charge in [0.2, 0.25) is 0 Å². The SMILES string of the molecule is O=S([O-])c1ccccc1-c1ccccc1Br. The Morgan fingerprint density at radius 2 is 1.50 bits per heavy atom. The van der Waals surface area contributed by atoms with Crippen LogP contribution in [-0.4, -0.2) is 8.76 Å². The molecule has 0 saturated heterocycles. The Balaban J connectivity index is 2.65. The smallest absolute Gasteiger partial charge is 0.0327 e. The van der Waals surface area contributed by atoms with Gasteiger partial charge in [-0.1, -0.05) is 52.3 Å². The Hall–Kier alpha value is -0.970. The predicted molar refractivity (Wildman–Crippen MR) is 66.8 cm³/mol. The van der Waals surface area contributed by atoms with Crippen LogP contribution in [0.15, 0.2) is 57.9 Å². The third-order valence-corrected chi connectivity index (χ3v) is 3.64. The van der Waals surface area contributed by atoms with Crippen LogP contribution in [0.5, 0.6) is 0 Å². The Bertz CT molecular complexity index is 540. The standard InChI is InChI=1S/C12H9BrO2S/c13-11-7-3-1-5-9(11)10-6-2-4-8-12(10)16(14)15/h1-8H,(H,14,15)/p-1. The summed E-state index contributed by atoms with van der Waals surface area (Å²) in [6, 6.07) is 14.5. The number of halogens is 1. The van der Waals surface area contributed by atoms with Crippen LogP contribution < -0.4 is 0 Å². The van der Waals surface area contributed by atoms with E-state index in [0.717, 1.165) is 10.0 Å². The van der Waals surface area contributed by atoms with Crippen molar-refractivity contribution in [1.82, 2.24) is 0 Å². The van der Waals surface area contributed by atoms with Crippen molar-refractivity contribution in [2.75, 3.05) is 0 Å². The van der Waals surface area contributed by atoms with E-state index >= 15 is 0 Å². The molecule has 16 heavy (non-hydrogen) atoms. The minimum Gasteiger partial charge on any atom is -0.768 e. The third-order valence-electron chi connectivity index (χ3n) is 2.23. The van der Waals surface area contributed by atoms with E-state index in [4.69, 9.17) is 0 Å². The van der Waals surface area contributed by atoms with Crippen LogP contribution in [-0.2, 0) is 11.1 Å². The van der Waals surface area contributed by atoms with Crippen molar-refractivity contribution in [1.29, 1.82) is 0 Å². The Morgan fingerprint density at radius 1 is 0.938 bits per heavy atom. The van der Waals surface area contributed by atoms with E-state index in [1.807, 2.05) is 30.3 Å². The molecule has 0 aromatic heterocycles. The average Bonchev–Trinajstić information content (AvgIpc) is 2.29. The fourth-order valence-corrected chi connectivity index (χ4v) is 2.56. The van der Waals surface area contributed by atoms with Crippen LogP contribution in [0.4, 0.5) is 0 Å². The van der Waals surface area contributed by atoms with Crippen LogP contribution in [0, 0.1) is 0 Å². The van der Waals surface area contributed by atoms with Gasteiger partial charge in [-0.3, -0.25) is 4.21 Å². The molecule has 0 aliphatic rings. The molecule has 2 aromatic rings. The van der Waals surface area contributed by atoms with Gasteiger partial charge in [-0.15, -0.1) is 0 Å². The van der Waals surface area contributed by atoms with Crippen molar-refractivity contribution < 1.29 is 8.76 Å². The highest BCUT2D eigenvalue weighted by molar-refractivity contribution is 9.10. The third kappa shape index (κ3) is 2.24. The minimum atomic E-state index is -2.22. The second-order valence-corrected chi connectivity index (χ2v) is 4.97. The van der Waals surface area contributed by atoms with Gasteiger partial charge in [0.25, 0.3) is 0 Å². The molecule has 2 aromatic carbocycles. The first kappa shape index (κ1) is 11.5. The Labute approximate surface area is 105 Å². The molecule has 1 atom stereocenters. The predicted octanol–water partition coefficient (Wildman–Crippen LogP) is 3.35. The lowest BCUT2D eigenvalue weighted by Gasteiger charge is -2.12. The van der Waals surface area contributed by atoms with Crippen molar-refractivity contribution in [2.24, 2.45) is 0 Å². The van der Waals surface area contributed by atoms with E-state index in [1.54, 1.807) is 18.2 Å². The molecule has 2 nitrogen and oxygen atoms in total. The maximum atomic E-state index is 11.1. The lowest BCUT2D eigenvalue weighted by atomic mass is 10.1. The topological polar surface area (TPSA) is 40.1 Å². The fraction of sp³-hybridized carbons (Fsp3) is 0. The molecule has 0 bridgehead atoms. The van der Waals surface area contributed by atoms with Gasteiger partial charge < -0.3 is 4.55 Å². The zero-order chi connectivity index (χ0) is 11.5. The molecule has 1 unspecified atom stereocenters. The van der Waals surface area contributed by atoms with Crippen LogP contribution in [0.2, 0.25) is 0 Å². The van der Waals surface area contributed by atoms with Gasteiger partial charge in [0.05, 0.1) is 0 Å². The number of hydrogen-bond acceptors (Lipinski definition) is 2. The zero-order valence-corrected chi connectivity index (χ0v) is 10.6. The van der Waals surface area contributed by atoms with Gasteiger partial charge in [-0.05, 0) is 34.3 Å². The monoisotopic (exact) mass is 295 g/mol. The quantitative estimate of drug-likeness (QED) is 0.797. The highest BCUT2D eigenvalue weighted by Crippen LogP contribution is 2.31. The molecule has 0 heterocycles. The molecular weight excluding hydrogens is 288 g/mol. The summed E-state index contributed by atoms with van der Waals surface area (Å²) in [5, 5.41) is 0. The van der Waals surface area contributed by atoms with Gasteiger partial charge in [-0.25, -0.2) is 0 Å². The van der Waals surface area contributed by atoms with Gasteiger partial charge in [0.15, 0.2) is 0 Å². The summed E-state index contributed by atoms with van der Waals surface area (Å²) in [5.41, 5.74) is 1.59. The molecule has 0 amide bonds.